The fourth-order valence-corrected chi connectivity index (χ4v) is 4.28. The Morgan fingerprint density at radius 1 is 1.14 bits per heavy atom. The molecule has 0 saturated carbocycles. The highest BCUT2D eigenvalue weighted by molar-refractivity contribution is 5.95. The Hall–Kier alpha value is -2.83. The fourth-order valence-electron chi connectivity index (χ4n) is 4.28. The molecule has 5 nitrogen and oxygen atoms in total. The van der Waals surface area contributed by atoms with Gasteiger partial charge < -0.3 is 9.80 Å². The van der Waals surface area contributed by atoms with Crippen LogP contribution in [0.2, 0.25) is 0 Å². The van der Waals surface area contributed by atoms with Gasteiger partial charge in [0.2, 0.25) is 5.91 Å². The van der Waals surface area contributed by atoms with Crippen molar-refractivity contribution in [3.8, 4) is 0 Å². The molecule has 2 aromatic rings. The van der Waals surface area contributed by atoms with E-state index in [1.54, 1.807) is 28.1 Å². The largest absolute Gasteiger partial charge is 0.338 e. The number of nitrogens with zero attached hydrogens (tertiary/aromatic N) is 3. The van der Waals surface area contributed by atoms with Crippen LogP contribution in [0.3, 0.4) is 0 Å². The summed E-state index contributed by atoms with van der Waals surface area (Å²) in [5.74, 6) is -2.03. The van der Waals surface area contributed by atoms with Gasteiger partial charge in [-0.3, -0.25) is 14.6 Å². The summed E-state index contributed by atoms with van der Waals surface area (Å²) in [6.45, 7) is 1.40. The lowest BCUT2D eigenvalue weighted by atomic mass is 9.78. The number of amides is 2. The van der Waals surface area contributed by atoms with E-state index in [1.165, 1.54) is 18.3 Å². The molecule has 0 aliphatic carbocycles. The predicted molar refractivity (Wildman–Crippen MR) is 98.2 cm³/mol. The molecule has 2 amide bonds. The van der Waals surface area contributed by atoms with E-state index in [1.807, 2.05) is 0 Å². The van der Waals surface area contributed by atoms with E-state index in [4.69, 9.17) is 0 Å². The maximum absolute atomic E-state index is 14.0. The average Bonchev–Trinajstić information content (AvgIpc) is 3.14. The molecule has 0 radical (unpaired) electrons. The van der Waals surface area contributed by atoms with Crippen LogP contribution in [0.5, 0.6) is 0 Å². The van der Waals surface area contributed by atoms with E-state index in [0.717, 1.165) is 12.5 Å². The Morgan fingerprint density at radius 2 is 2.00 bits per heavy atom. The summed E-state index contributed by atoms with van der Waals surface area (Å²) < 4.78 is 27.5. The topological polar surface area (TPSA) is 53.5 Å². The number of carbonyl (C=O) groups excluding carboxylic acids is 2. The first kappa shape index (κ1) is 18.5. The van der Waals surface area contributed by atoms with Crippen LogP contribution in [0.15, 0.2) is 42.7 Å². The molecule has 0 bridgehead atoms. The Morgan fingerprint density at radius 3 is 2.79 bits per heavy atom. The van der Waals surface area contributed by atoms with Crippen LogP contribution in [0.25, 0.3) is 0 Å². The zero-order valence-electron chi connectivity index (χ0n) is 15.4. The van der Waals surface area contributed by atoms with Crippen LogP contribution in [-0.2, 0) is 11.3 Å². The summed E-state index contributed by atoms with van der Waals surface area (Å²) in [5.41, 5.74) is 0.0353. The van der Waals surface area contributed by atoms with E-state index in [-0.39, 0.29) is 23.9 Å². The Bertz CT molecular complexity index is 906. The first-order chi connectivity index (χ1) is 13.5. The van der Waals surface area contributed by atoms with Gasteiger partial charge in [-0.1, -0.05) is 12.1 Å². The molecule has 0 unspecified atom stereocenters. The first-order valence-electron chi connectivity index (χ1n) is 9.42. The van der Waals surface area contributed by atoms with Gasteiger partial charge in [0.1, 0.15) is 0 Å². The van der Waals surface area contributed by atoms with Gasteiger partial charge in [0, 0.05) is 44.1 Å². The van der Waals surface area contributed by atoms with Crippen molar-refractivity contribution in [3.05, 3.63) is 65.5 Å². The maximum atomic E-state index is 14.0. The Balaban J connectivity index is 1.50. The molecule has 146 valence electrons. The summed E-state index contributed by atoms with van der Waals surface area (Å²) in [7, 11) is 0. The molecular formula is C21H21F2N3O2. The lowest BCUT2D eigenvalue weighted by Crippen LogP contribution is -2.50. The number of rotatable bonds is 3. The molecule has 1 spiro atoms. The standard InChI is InChI=1S/C21H21F2N3O2/c22-17-6-1-4-16(18(17)23)13-25-10-3-7-21(20(25)28)8-11-26(14-21)19(27)15-5-2-9-24-12-15/h1-2,4-6,9,12H,3,7-8,10-11,13-14H2/t21-/m1/s1. The summed E-state index contributed by atoms with van der Waals surface area (Å²) in [4.78, 5) is 33.2. The van der Waals surface area contributed by atoms with Crippen LogP contribution in [-0.4, -0.2) is 46.2 Å². The van der Waals surface area contributed by atoms with Crippen LogP contribution < -0.4 is 0 Å². The molecule has 1 aromatic carbocycles. The molecule has 4 rings (SSSR count). The van der Waals surface area contributed by atoms with Gasteiger partial charge in [0.15, 0.2) is 11.6 Å². The van der Waals surface area contributed by atoms with E-state index in [0.29, 0.717) is 38.0 Å². The normalized spacial score (nSPS) is 22.1. The third-order valence-electron chi connectivity index (χ3n) is 5.77. The highest BCUT2D eigenvalue weighted by Crippen LogP contribution is 2.41. The van der Waals surface area contributed by atoms with Gasteiger partial charge in [-0.2, -0.15) is 0 Å². The average molecular weight is 385 g/mol. The summed E-state index contributed by atoms with van der Waals surface area (Å²) in [6.07, 6.45) is 5.19. The van der Waals surface area contributed by atoms with Crippen molar-refractivity contribution < 1.29 is 18.4 Å². The molecule has 2 saturated heterocycles. The molecule has 1 atom stereocenters. The Labute approximate surface area is 162 Å². The quantitative estimate of drug-likeness (QED) is 0.816. The van der Waals surface area contributed by atoms with Crippen LogP contribution in [0.1, 0.15) is 35.2 Å². The predicted octanol–water partition coefficient (Wildman–Crippen LogP) is 3.01. The fraction of sp³-hybridized carbons (Fsp3) is 0.381. The summed E-state index contributed by atoms with van der Waals surface area (Å²) in [6, 6.07) is 7.43. The van der Waals surface area contributed by atoms with Crippen molar-refractivity contribution in [2.75, 3.05) is 19.6 Å². The lowest BCUT2D eigenvalue weighted by molar-refractivity contribution is -0.146. The van der Waals surface area contributed by atoms with Crippen LogP contribution >= 0.6 is 0 Å². The lowest BCUT2D eigenvalue weighted by Gasteiger charge is -2.39. The van der Waals surface area contributed by atoms with E-state index >= 15 is 0 Å². The second-order valence-electron chi connectivity index (χ2n) is 7.54. The number of likely N-dealkylation sites (tertiary alicyclic amines) is 2. The maximum Gasteiger partial charge on any atom is 0.255 e. The minimum absolute atomic E-state index is 0.0424. The minimum atomic E-state index is -0.911. The second-order valence-corrected chi connectivity index (χ2v) is 7.54. The van der Waals surface area contributed by atoms with Crippen molar-refractivity contribution in [1.82, 2.24) is 14.8 Å². The van der Waals surface area contributed by atoms with Gasteiger partial charge in [-0.05, 0) is 37.5 Å². The molecule has 2 fully saturated rings. The molecule has 2 aliphatic heterocycles. The third kappa shape index (κ3) is 3.25. The zero-order chi connectivity index (χ0) is 19.7. The highest BCUT2D eigenvalue weighted by atomic mass is 19.2. The van der Waals surface area contributed by atoms with Gasteiger partial charge in [0.25, 0.3) is 5.91 Å². The number of carbonyl (C=O) groups is 2. The summed E-state index contributed by atoms with van der Waals surface area (Å²) >= 11 is 0. The zero-order valence-corrected chi connectivity index (χ0v) is 15.4. The number of hydrogen-bond donors (Lipinski definition) is 0. The number of halogens is 2. The number of pyridine rings is 1. The van der Waals surface area contributed by atoms with Gasteiger partial charge in [0.05, 0.1) is 11.0 Å². The smallest absolute Gasteiger partial charge is 0.255 e. The Kier molecular flexibility index (Phi) is 4.83. The van der Waals surface area contributed by atoms with Crippen molar-refractivity contribution in [3.63, 3.8) is 0 Å². The molecular weight excluding hydrogens is 364 g/mol. The number of hydrogen-bond acceptors (Lipinski definition) is 3. The molecule has 1 aromatic heterocycles. The van der Waals surface area contributed by atoms with E-state index in [2.05, 4.69) is 4.98 Å². The second kappa shape index (κ2) is 7.30. The first-order valence-corrected chi connectivity index (χ1v) is 9.42. The SMILES string of the molecule is O=C(c1cccnc1)N1CC[C@]2(CCCN(Cc3cccc(F)c3F)C2=O)C1. The van der Waals surface area contributed by atoms with Crippen LogP contribution in [0.4, 0.5) is 8.78 Å². The minimum Gasteiger partial charge on any atom is -0.338 e. The van der Waals surface area contributed by atoms with Gasteiger partial charge in [-0.15, -0.1) is 0 Å². The van der Waals surface area contributed by atoms with Crippen LogP contribution in [0, 0.1) is 17.0 Å². The number of aromatic nitrogens is 1. The molecule has 7 heteroatoms. The summed E-state index contributed by atoms with van der Waals surface area (Å²) in [5, 5.41) is 0. The van der Waals surface area contributed by atoms with Crippen molar-refractivity contribution in [2.24, 2.45) is 5.41 Å². The van der Waals surface area contributed by atoms with Crippen molar-refractivity contribution in [1.29, 1.82) is 0 Å². The molecule has 2 aliphatic rings. The highest BCUT2D eigenvalue weighted by Gasteiger charge is 2.49. The molecule has 0 N–H and O–H groups in total. The van der Waals surface area contributed by atoms with Gasteiger partial charge >= 0.3 is 0 Å². The van der Waals surface area contributed by atoms with Gasteiger partial charge in [-0.25, -0.2) is 8.78 Å². The van der Waals surface area contributed by atoms with Crippen molar-refractivity contribution in [2.45, 2.75) is 25.8 Å². The van der Waals surface area contributed by atoms with E-state index in [9.17, 15) is 18.4 Å². The van der Waals surface area contributed by atoms with Crippen molar-refractivity contribution >= 4 is 11.8 Å². The van der Waals surface area contributed by atoms with E-state index < -0.39 is 17.0 Å². The number of piperidine rings is 1. The third-order valence-corrected chi connectivity index (χ3v) is 5.77. The monoisotopic (exact) mass is 385 g/mol. The molecule has 28 heavy (non-hydrogen) atoms. The molecule has 3 heterocycles. The number of benzene rings is 1.